The van der Waals surface area contributed by atoms with Crippen LogP contribution < -0.4 is 10.1 Å². The molecule has 1 amide bonds. The zero-order chi connectivity index (χ0) is 17.7. The predicted molar refractivity (Wildman–Crippen MR) is 92.3 cm³/mol. The Balaban J connectivity index is 2.16. The molecule has 2 aromatic carbocycles. The molecule has 0 aliphatic rings. The van der Waals surface area contributed by atoms with Crippen molar-refractivity contribution < 1.29 is 14.5 Å². The Morgan fingerprint density at radius 2 is 1.92 bits per heavy atom. The average Bonchev–Trinajstić information content (AvgIpc) is 2.54. The van der Waals surface area contributed by atoms with Gasteiger partial charge >= 0.3 is 0 Å². The fraction of sp³-hybridized carbons (Fsp3) is 0.278. The lowest BCUT2D eigenvalue weighted by atomic mass is 10.1. The predicted octanol–water partition coefficient (Wildman–Crippen LogP) is 4.01. The van der Waals surface area contributed by atoms with Crippen LogP contribution in [0, 0.1) is 24.0 Å². The minimum atomic E-state index is -0.729. The van der Waals surface area contributed by atoms with Crippen LogP contribution in [0.4, 0.5) is 11.4 Å². The third-order valence-electron chi connectivity index (χ3n) is 3.54. The molecule has 6 nitrogen and oxygen atoms in total. The van der Waals surface area contributed by atoms with Crippen molar-refractivity contribution in [1.82, 2.24) is 0 Å². The van der Waals surface area contributed by atoms with E-state index in [1.165, 1.54) is 12.1 Å². The van der Waals surface area contributed by atoms with Crippen LogP contribution >= 0.6 is 0 Å². The van der Waals surface area contributed by atoms with Crippen LogP contribution in [0.1, 0.15) is 24.5 Å². The van der Waals surface area contributed by atoms with Gasteiger partial charge in [-0.25, -0.2) is 0 Å². The van der Waals surface area contributed by atoms with Crippen LogP contribution in [0.5, 0.6) is 5.75 Å². The van der Waals surface area contributed by atoms with E-state index in [4.69, 9.17) is 4.74 Å². The summed E-state index contributed by atoms with van der Waals surface area (Å²) in [6, 6.07) is 12.1. The summed E-state index contributed by atoms with van der Waals surface area (Å²) >= 11 is 0. The van der Waals surface area contributed by atoms with Crippen LogP contribution in [0.3, 0.4) is 0 Å². The highest BCUT2D eigenvalue weighted by Crippen LogP contribution is 2.26. The molecule has 0 saturated carbocycles. The number of anilines is 1. The Morgan fingerprint density at radius 3 is 2.54 bits per heavy atom. The van der Waals surface area contributed by atoms with Crippen molar-refractivity contribution in [3.05, 3.63) is 63.7 Å². The second-order valence-corrected chi connectivity index (χ2v) is 5.60. The van der Waals surface area contributed by atoms with E-state index < -0.39 is 16.9 Å². The van der Waals surface area contributed by atoms with Gasteiger partial charge < -0.3 is 10.1 Å². The molecule has 0 radical (unpaired) electrons. The van der Waals surface area contributed by atoms with Crippen LogP contribution in [0.25, 0.3) is 0 Å². The minimum absolute atomic E-state index is 0.131. The number of carbonyl (C=O) groups is 1. The molecular weight excluding hydrogens is 308 g/mol. The summed E-state index contributed by atoms with van der Waals surface area (Å²) in [6.07, 6.45) is -0.285. The molecular formula is C18H20N2O4. The molecule has 1 N–H and O–H groups in total. The molecule has 0 aromatic heterocycles. The van der Waals surface area contributed by atoms with Gasteiger partial charge in [-0.05, 0) is 49.6 Å². The first kappa shape index (κ1) is 17.5. The molecule has 126 valence electrons. The maximum Gasteiger partial charge on any atom is 0.293 e. The number of nitrogens with zero attached hydrogens (tertiary/aromatic N) is 1. The van der Waals surface area contributed by atoms with Crippen molar-refractivity contribution >= 4 is 17.3 Å². The van der Waals surface area contributed by atoms with Gasteiger partial charge in [0.15, 0.2) is 6.10 Å². The number of nitro groups is 1. The Hall–Kier alpha value is -2.89. The second-order valence-electron chi connectivity index (χ2n) is 5.60. The molecule has 2 rings (SSSR count). The van der Waals surface area contributed by atoms with Gasteiger partial charge in [-0.3, -0.25) is 14.9 Å². The molecule has 6 heteroatoms. The third-order valence-corrected chi connectivity index (χ3v) is 3.54. The first-order chi connectivity index (χ1) is 11.4. The molecule has 1 unspecified atom stereocenters. The zero-order valence-corrected chi connectivity index (χ0v) is 13.9. The van der Waals surface area contributed by atoms with E-state index in [0.717, 1.165) is 11.1 Å². The van der Waals surface area contributed by atoms with Crippen LogP contribution in [-0.4, -0.2) is 16.9 Å². The summed E-state index contributed by atoms with van der Waals surface area (Å²) in [5, 5.41) is 13.7. The molecule has 2 aromatic rings. The third kappa shape index (κ3) is 4.32. The lowest BCUT2D eigenvalue weighted by Gasteiger charge is -2.17. The summed E-state index contributed by atoms with van der Waals surface area (Å²) in [7, 11) is 0. The van der Waals surface area contributed by atoms with Gasteiger partial charge in [0.25, 0.3) is 11.6 Å². The normalized spacial score (nSPS) is 11.6. The molecule has 0 aliphatic heterocycles. The number of carbonyl (C=O) groups excluding carboxylic acids is 1. The lowest BCUT2D eigenvalue weighted by molar-refractivity contribution is -0.384. The van der Waals surface area contributed by atoms with Crippen molar-refractivity contribution in [3.63, 3.8) is 0 Å². The van der Waals surface area contributed by atoms with Gasteiger partial charge in [0.2, 0.25) is 0 Å². The van der Waals surface area contributed by atoms with Crippen LogP contribution in [0.15, 0.2) is 42.5 Å². The zero-order valence-electron chi connectivity index (χ0n) is 13.9. The SMILES string of the molecule is CCC(Oc1cccc(C)c1)C(=O)Nc1ccc(C)cc1[N+](=O)[O-]. The van der Waals surface area contributed by atoms with E-state index in [1.54, 1.807) is 19.1 Å². The highest BCUT2D eigenvalue weighted by atomic mass is 16.6. The van der Waals surface area contributed by atoms with Crippen LogP contribution in [-0.2, 0) is 4.79 Å². The topological polar surface area (TPSA) is 81.5 Å². The molecule has 0 spiro atoms. The van der Waals surface area contributed by atoms with Crippen molar-refractivity contribution in [2.75, 3.05) is 5.32 Å². The van der Waals surface area contributed by atoms with Gasteiger partial charge in [0.05, 0.1) is 4.92 Å². The number of nitro benzene ring substituents is 1. The Labute approximate surface area is 140 Å². The van der Waals surface area contributed by atoms with E-state index in [9.17, 15) is 14.9 Å². The molecule has 0 heterocycles. The Kier molecular flexibility index (Phi) is 5.52. The van der Waals surface area contributed by atoms with Crippen molar-refractivity contribution in [1.29, 1.82) is 0 Å². The molecule has 1 atom stereocenters. The fourth-order valence-electron chi connectivity index (χ4n) is 2.29. The monoisotopic (exact) mass is 328 g/mol. The highest BCUT2D eigenvalue weighted by Gasteiger charge is 2.22. The van der Waals surface area contributed by atoms with Gasteiger partial charge in [-0.1, -0.05) is 25.1 Å². The lowest BCUT2D eigenvalue weighted by Crippen LogP contribution is -2.32. The van der Waals surface area contributed by atoms with Crippen LogP contribution in [0.2, 0.25) is 0 Å². The number of benzene rings is 2. The fourth-order valence-corrected chi connectivity index (χ4v) is 2.29. The second kappa shape index (κ2) is 7.59. The maximum absolute atomic E-state index is 12.4. The van der Waals surface area contributed by atoms with Crippen molar-refractivity contribution in [3.8, 4) is 5.75 Å². The van der Waals surface area contributed by atoms with Gasteiger partial charge in [-0.15, -0.1) is 0 Å². The number of aryl methyl sites for hydroxylation is 2. The number of rotatable bonds is 6. The summed E-state index contributed by atoms with van der Waals surface area (Å²) in [5.41, 5.74) is 1.82. The Bertz CT molecular complexity index is 758. The number of hydrogen-bond acceptors (Lipinski definition) is 4. The molecule has 0 bridgehead atoms. The molecule has 24 heavy (non-hydrogen) atoms. The number of amides is 1. The molecule has 0 fully saturated rings. The number of hydrogen-bond donors (Lipinski definition) is 1. The van der Waals surface area contributed by atoms with E-state index in [2.05, 4.69) is 5.32 Å². The summed E-state index contributed by atoms with van der Waals surface area (Å²) < 4.78 is 5.72. The highest BCUT2D eigenvalue weighted by molar-refractivity contribution is 5.96. The summed E-state index contributed by atoms with van der Waals surface area (Å²) in [5.74, 6) is 0.182. The van der Waals surface area contributed by atoms with Gasteiger partial charge in [0.1, 0.15) is 11.4 Å². The maximum atomic E-state index is 12.4. The van der Waals surface area contributed by atoms with E-state index in [-0.39, 0.29) is 11.4 Å². The van der Waals surface area contributed by atoms with E-state index >= 15 is 0 Å². The molecule has 0 aliphatic carbocycles. The van der Waals surface area contributed by atoms with E-state index in [1.807, 2.05) is 32.0 Å². The average molecular weight is 328 g/mol. The molecule has 0 saturated heterocycles. The summed E-state index contributed by atoms with van der Waals surface area (Å²) in [6.45, 7) is 5.52. The van der Waals surface area contributed by atoms with Gasteiger partial charge in [0, 0.05) is 6.07 Å². The van der Waals surface area contributed by atoms with Gasteiger partial charge in [-0.2, -0.15) is 0 Å². The quantitative estimate of drug-likeness (QED) is 0.641. The van der Waals surface area contributed by atoms with Crippen molar-refractivity contribution in [2.24, 2.45) is 0 Å². The Morgan fingerprint density at radius 1 is 1.21 bits per heavy atom. The number of ether oxygens (including phenoxy) is 1. The van der Waals surface area contributed by atoms with Crippen molar-refractivity contribution in [2.45, 2.75) is 33.3 Å². The first-order valence-electron chi connectivity index (χ1n) is 7.70. The summed E-state index contributed by atoms with van der Waals surface area (Å²) in [4.78, 5) is 23.1. The smallest absolute Gasteiger partial charge is 0.293 e. The van der Waals surface area contributed by atoms with E-state index in [0.29, 0.717) is 12.2 Å². The number of nitrogens with one attached hydrogen (secondary N) is 1. The standard InChI is InChI=1S/C18H20N2O4/c1-4-17(24-14-7-5-6-12(2)10-14)18(21)19-15-9-8-13(3)11-16(15)20(22)23/h5-11,17H,4H2,1-3H3,(H,19,21). The first-order valence-corrected chi connectivity index (χ1v) is 7.70. The largest absolute Gasteiger partial charge is 0.481 e. The minimum Gasteiger partial charge on any atom is -0.481 e.